The molecule has 3 rings (SSSR count). The number of anilines is 1. The number of nitrogens with two attached hydrogens (primary N) is 1. The number of benzene rings is 3. The lowest BCUT2D eigenvalue weighted by Crippen LogP contribution is -2.28. The molecule has 0 bridgehead atoms. The van der Waals surface area contributed by atoms with Gasteiger partial charge in [0, 0.05) is 28.8 Å². The Morgan fingerprint density at radius 1 is 0.906 bits per heavy atom. The van der Waals surface area contributed by atoms with Gasteiger partial charge < -0.3 is 10.6 Å². The van der Waals surface area contributed by atoms with Crippen LogP contribution in [0, 0.1) is 13.8 Å². The second-order valence-corrected chi connectivity index (χ2v) is 7.86. The molecule has 2 N–H and O–H groups in total. The Kier molecular flexibility index (Phi) is 6.32. The summed E-state index contributed by atoms with van der Waals surface area (Å²) in [5.41, 5.74) is 6.57. The fourth-order valence-electron chi connectivity index (χ4n) is 3.30. The van der Waals surface area contributed by atoms with Crippen LogP contribution in [0.2, 0.25) is 5.02 Å². The van der Waals surface area contributed by atoms with E-state index >= 15 is 0 Å². The van der Waals surface area contributed by atoms with E-state index in [2.05, 4.69) is 0 Å². The Labute approximate surface area is 188 Å². The molecule has 0 atom stereocenters. The van der Waals surface area contributed by atoms with Gasteiger partial charge in [0.15, 0.2) is 0 Å². The van der Waals surface area contributed by atoms with E-state index in [1.807, 2.05) is 13.8 Å². The average molecular weight is 461 g/mol. The fraction of sp³-hybridized carbons (Fsp3) is 0.167. The number of amides is 2. The molecule has 0 aromatic heterocycles. The van der Waals surface area contributed by atoms with Gasteiger partial charge in [0.25, 0.3) is 5.91 Å². The minimum atomic E-state index is -4.74. The Hall–Kier alpha value is -3.32. The number of nitrogens with zero attached hydrogens (tertiary/aromatic N) is 1. The first-order chi connectivity index (χ1) is 14.9. The maximum Gasteiger partial charge on any atom is 0.418 e. The van der Waals surface area contributed by atoms with Crippen LogP contribution in [0.1, 0.15) is 37.4 Å². The summed E-state index contributed by atoms with van der Waals surface area (Å²) in [6, 6.07) is 12.6. The molecule has 0 spiro atoms. The van der Waals surface area contributed by atoms with E-state index < -0.39 is 23.6 Å². The van der Waals surface area contributed by atoms with E-state index in [0.29, 0.717) is 0 Å². The molecule has 0 aliphatic carbocycles. The van der Waals surface area contributed by atoms with Gasteiger partial charge in [-0.05, 0) is 73.0 Å². The molecule has 2 amide bonds. The highest BCUT2D eigenvalue weighted by molar-refractivity contribution is 6.33. The molecule has 0 unspecified atom stereocenters. The summed E-state index contributed by atoms with van der Waals surface area (Å²) < 4.78 is 41.9. The third-order valence-corrected chi connectivity index (χ3v) is 5.61. The Balaban J connectivity index is 2.10. The Bertz CT molecular complexity index is 1220. The summed E-state index contributed by atoms with van der Waals surface area (Å²) in [6.45, 7) is 3.71. The lowest BCUT2D eigenvalue weighted by atomic mass is 9.98. The standard InChI is InChI=1S/C24H20ClF3N2O2/c1-13-4-5-17(10-14(13)2)23(32)30(3)21-9-7-15(12-19(21)24(26,27)28)18-11-16(22(29)31)6-8-20(18)25/h4-12H,1-3H3,(H2,29,31). The first kappa shape index (κ1) is 23.3. The molecule has 0 saturated carbocycles. The van der Waals surface area contributed by atoms with E-state index in [1.165, 1.54) is 37.4 Å². The molecule has 0 aliphatic heterocycles. The number of hydrogen-bond donors (Lipinski definition) is 1. The highest BCUT2D eigenvalue weighted by Crippen LogP contribution is 2.40. The zero-order chi connectivity index (χ0) is 23.8. The molecule has 0 heterocycles. The predicted molar refractivity (Wildman–Crippen MR) is 119 cm³/mol. The molecule has 0 radical (unpaired) electrons. The van der Waals surface area contributed by atoms with Crippen molar-refractivity contribution >= 4 is 29.1 Å². The number of carbonyl (C=O) groups excluding carboxylic acids is 2. The average Bonchev–Trinajstić information content (AvgIpc) is 2.73. The number of aryl methyl sites for hydroxylation is 2. The highest BCUT2D eigenvalue weighted by atomic mass is 35.5. The van der Waals surface area contributed by atoms with E-state index in [0.717, 1.165) is 22.1 Å². The van der Waals surface area contributed by atoms with Crippen LogP contribution in [-0.2, 0) is 6.18 Å². The van der Waals surface area contributed by atoms with Gasteiger partial charge in [-0.15, -0.1) is 0 Å². The van der Waals surface area contributed by atoms with Gasteiger partial charge in [-0.2, -0.15) is 13.2 Å². The van der Waals surface area contributed by atoms with Crippen molar-refractivity contribution < 1.29 is 22.8 Å². The minimum Gasteiger partial charge on any atom is -0.366 e. The summed E-state index contributed by atoms with van der Waals surface area (Å²) in [5, 5.41) is 0.162. The molecule has 0 fully saturated rings. The smallest absolute Gasteiger partial charge is 0.366 e. The van der Waals surface area contributed by atoms with Gasteiger partial charge in [-0.25, -0.2) is 0 Å². The van der Waals surface area contributed by atoms with Gasteiger partial charge in [-0.1, -0.05) is 23.7 Å². The van der Waals surface area contributed by atoms with Gasteiger partial charge in [-0.3, -0.25) is 9.59 Å². The first-order valence-corrected chi connectivity index (χ1v) is 9.94. The molecular weight excluding hydrogens is 441 g/mol. The lowest BCUT2D eigenvalue weighted by Gasteiger charge is -2.23. The van der Waals surface area contributed by atoms with E-state index in [9.17, 15) is 22.8 Å². The Morgan fingerprint density at radius 2 is 1.56 bits per heavy atom. The van der Waals surface area contributed by atoms with E-state index in [4.69, 9.17) is 17.3 Å². The van der Waals surface area contributed by atoms with Crippen LogP contribution in [0.3, 0.4) is 0 Å². The SMILES string of the molecule is Cc1ccc(C(=O)N(C)c2ccc(-c3cc(C(N)=O)ccc3Cl)cc2C(F)(F)F)cc1C. The van der Waals surface area contributed by atoms with Crippen molar-refractivity contribution in [1.29, 1.82) is 0 Å². The molecule has 0 saturated heterocycles. The van der Waals surface area contributed by atoms with E-state index in [-0.39, 0.29) is 33.0 Å². The number of halogens is 4. The van der Waals surface area contributed by atoms with Crippen molar-refractivity contribution in [3.05, 3.63) is 87.4 Å². The van der Waals surface area contributed by atoms with Gasteiger partial charge >= 0.3 is 6.18 Å². The summed E-state index contributed by atoms with van der Waals surface area (Å²) in [4.78, 5) is 25.3. The molecule has 3 aromatic rings. The molecular formula is C24H20ClF3N2O2. The monoisotopic (exact) mass is 460 g/mol. The number of primary amides is 1. The van der Waals surface area contributed by atoms with Crippen LogP contribution in [-0.4, -0.2) is 18.9 Å². The predicted octanol–water partition coefficient (Wildman–Crippen LogP) is 6.02. The lowest BCUT2D eigenvalue weighted by molar-refractivity contribution is -0.137. The van der Waals surface area contributed by atoms with E-state index in [1.54, 1.807) is 18.2 Å². The van der Waals surface area contributed by atoms with Gasteiger partial charge in [0.2, 0.25) is 5.91 Å². The second-order valence-electron chi connectivity index (χ2n) is 7.45. The zero-order valence-electron chi connectivity index (χ0n) is 17.5. The molecule has 4 nitrogen and oxygen atoms in total. The van der Waals surface area contributed by atoms with Crippen LogP contribution in [0.15, 0.2) is 54.6 Å². The van der Waals surface area contributed by atoms with Gasteiger partial charge in [0.05, 0.1) is 11.3 Å². The fourth-order valence-corrected chi connectivity index (χ4v) is 3.53. The molecule has 0 aliphatic rings. The molecule has 32 heavy (non-hydrogen) atoms. The van der Waals surface area contributed by atoms with Crippen molar-refractivity contribution in [2.75, 3.05) is 11.9 Å². The first-order valence-electron chi connectivity index (χ1n) is 9.56. The molecule has 166 valence electrons. The molecule has 8 heteroatoms. The third kappa shape index (κ3) is 4.62. The highest BCUT2D eigenvalue weighted by Gasteiger charge is 2.36. The second kappa shape index (κ2) is 8.67. The number of alkyl halides is 3. The van der Waals surface area contributed by atoms with Crippen molar-refractivity contribution in [3.63, 3.8) is 0 Å². The number of rotatable bonds is 4. The zero-order valence-corrected chi connectivity index (χ0v) is 18.3. The normalized spacial score (nSPS) is 11.3. The summed E-state index contributed by atoms with van der Waals surface area (Å²) in [5.74, 6) is -1.30. The van der Waals surface area contributed by atoms with Gasteiger partial charge in [0.1, 0.15) is 0 Å². The van der Waals surface area contributed by atoms with Crippen molar-refractivity contribution in [3.8, 4) is 11.1 Å². The van der Waals surface area contributed by atoms with Crippen LogP contribution < -0.4 is 10.6 Å². The number of hydrogen-bond acceptors (Lipinski definition) is 2. The molecule has 3 aromatic carbocycles. The maximum atomic E-state index is 14.0. The van der Waals surface area contributed by atoms with Crippen molar-refractivity contribution in [1.82, 2.24) is 0 Å². The Morgan fingerprint density at radius 3 is 2.16 bits per heavy atom. The van der Waals surface area contributed by atoms with Crippen LogP contribution in [0.25, 0.3) is 11.1 Å². The van der Waals surface area contributed by atoms with Crippen LogP contribution >= 0.6 is 11.6 Å². The van der Waals surface area contributed by atoms with Crippen molar-refractivity contribution in [2.24, 2.45) is 5.73 Å². The largest absolute Gasteiger partial charge is 0.418 e. The van der Waals surface area contributed by atoms with Crippen LogP contribution in [0.5, 0.6) is 0 Å². The minimum absolute atomic E-state index is 0.115. The maximum absolute atomic E-state index is 14.0. The third-order valence-electron chi connectivity index (χ3n) is 5.28. The summed E-state index contributed by atoms with van der Waals surface area (Å²) in [7, 11) is 1.29. The van der Waals surface area contributed by atoms with Crippen molar-refractivity contribution in [2.45, 2.75) is 20.0 Å². The summed E-state index contributed by atoms with van der Waals surface area (Å²) in [6.07, 6.45) is -4.74. The quantitative estimate of drug-likeness (QED) is 0.517. The topological polar surface area (TPSA) is 63.4 Å². The number of carbonyl (C=O) groups is 2. The summed E-state index contributed by atoms with van der Waals surface area (Å²) >= 11 is 6.16. The van der Waals surface area contributed by atoms with Crippen LogP contribution in [0.4, 0.5) is 18.9 Å².